The first-order chi connectivity index (χ1) is 13.9. The van der Waals surface area contributed by atoms with E-state index in [-0.39, 0.29) is 30.3 Å². The summed E-state index contributed by atoms with van der Waals surface area (Å²) in [5.41, 5.74) is 2.11. The van der Waals surface area contributed by atoms with Gasteiger partial charge >= 0.3 is 5.97 Å². The molecule has 5 nitrogen and oxygen atoms in total. The Hall–Kier alpha value is -2.29. The maximum absolute atomic E-state index is 10.8. The fraction of sp³-hybridized carbons (Fsp3) is 0.542. The number of benzene rings is 1. The van der Waals surface area contributed by atoms with E-state index < -0.39 is 18.2 Å². The topological polar surface area (TPSA) is 87.0 Å². The number of hydrogen-bond donors (Lipinski definition) is 3. The second-order valence-corrected chi connectivity index (χ2v) is 8.13. The predicted molar refractivity (Wildman–Crippen MR) is 111 cm³/mol. The Morgan fingerprint density at radius 3 is 2.93 bits per heavy atom. The number of carboxylic acids is 1. The Morgan fingerprint density at radius 1 is 1.41 bits per heavy atom. The molecule has 0 spiro atoms. The largest absolute Gasteiger partial charge is 0.489 e. The van der Waals surface area contributed by atoms with Gasteiger partial charge in [0.15, 0.2) is 0 Å². The Balaban J connectivity index is 1.75. The number of carboxylic acid groups (broad SMARTS) is 1. The molecule has 5 heteroatoms. The smallest absolute Gasteiger partial charge is 0.303 e. The van der Waals surface area contributed by atoms with Gasteiger partial charge in [-0.25, -0.2) is 0 Å². The van der Waals surface area contributed by atoms with Crippen molar-refractivity contribution >= 4 is 5.97 Å². The fourth-order valence-electron chi connectivity index (χ4n) is 4.41. The summed E-state index contributed by atoms with van der Waals surface area (Å²) < 4.78 is 6.21. The molecule has 1 saturated carbocycles. The van der Waals surface area contributed by atoms with Gasteiger partial charge in [0.2, 0.25) is 0 Å². The molecule has 0 saturated heterocycles. The highest BCUT2D eigenvalue weighted by atomic mass is 16.5. The highest BCUT2D eigenvalue weighted by molar-refractivity contribution is 5.66. The first kappa shape index (κ1) is 21.4. The van der Waals surface area contributed by atoms with Crippen LogP contribution in [0.15, 0.2) is 30.4 Å². The van der Waals surface area contributed by atoms with E-state index in [4.69, 9.17) is 9.84 Å². The summed E-state index contributed by atoms with van der Waals surface area (Å²) in [6.45, 7) is 3.75. The average Bonchev–Trinajstić information content (AvgIpc) is 3.19. The monoisotopic (exact) mass is 398 g/mol. The molecule has 1 aliphatic heterocycles. The minimum Gasteiger partial charge on any atom is -0.489 e. The van der Waals surface area contributed by atoms with Crippen LogP contribution in [0, 0.1) is 23.7 Å². The zero-order valence-corrected chi connectivity index (χ0v) is 17.0. The molecule has 1 heterocycles. The van der Waals surface area contributed by atoms with Crippen molar-refractivity contribution in [1.29, 1.82) is 0 Å². The summed E-state index contributed by atoms with van der Waals surface area (Å²) in [5.74, 6) is 5.87. The van der Waals surface area contributed by atoms with Crippen molar-refractivity contribution in [3.63, 3.8) is 0 Å². The van der Waals surface area contributed by atoms with E-state index >= 15 is 0 Å². The van der Waals surface area contributed by atoms with Gasteiger partial charge in [0, 0.05) is 36.7 Å². The standard InChI is InChI=1S/C24H30O5/c1-3-4-7-15(2)19(25)13-12-17-20(26)14-21-23(17)18-10-5-8-16(24(18)29-21)9-6-11-22(27)28/h5,8,10,12-13,15,17,19-21,23,25-26H,6-7,9,11,14H2,1-2H3,(H,27,28)/b13-12+/t15-,17+,19+,20+,21-,23-/m0/s1. The third-order valence-electron chi connectivity index (χ3n) is 6.04. The second-order valence-electron chi connectivity index (χ2n) is 8.13. The molecule has 3 rings (SSSR count). The van der Waals surface area contributed by atoms with E-state index in [1.54, 1.807) is 13.0 Å². The van der Waals surface area contributed by atoms with Crippen molar-refractivity contribution in [3.8, 4) is 17.6 Å². The first-order valence-electron chi connectivity index (χ1n) is 10.4. The van der Waals surface area contributed by atoms with Gasteiger partial charge in [-0.3, -0.25) is 4.79 Å². The van der Waals surface area contributed by atoms with Crippen LogP contribution in [0.3, 0.4) is 0 Å². The molecule has 156 valence electrons. The van der Waals surface area contributed by atoms with Crippen LogP contribution in [0.2, 0.25) is 0 Å². The minimum absolute atomic E-state index is 0.0287. The van der Waals surface area contributed by atoms with Crippen LogP contribution in [-0.2, 0) is 11.2 Å². The third kappa shape index (κ3) is 4.83. The number of carbonyl (C=O) groups is 1. The van der Waals surface area contributed by atoms with Gasteiger partial charge in [-0.05, 0) is 31.2 Å². The molecule has 1 aliphatic carbocycles. The Kier molecular flexibility index (Phi) is 7.00. The summed E-state index contributed by atoms with van der Waals surface area (Å²) in [4.78, 5) is 10.8. The van der Waals surface area contributed by atoms with Gasteiger partial charge in [0.25, 0.3) is 0 Å². The maximum Gasteiger partial charge on any atom is 0.303 e. The quantitative estimate of drug-likeness (QED) is 0.462. The first-order valence-corrected chi connectivity index (χ1v) is 10.4. The molecule has 29 heavy (non-hydrogen) atoms. The average molecular weight is 398 g/mol. The van der Waals surface area contributed by atoms with Crippen molar-refractivity contribution in [2.24, 2.45) is 11.8 Å². The second kappa shape index (κ2) is 9.47. The Bertz CT molecular complexity index is 818. The SMILES string of the molecule is CC#CC[C@H](C)[C@H](O)/C=C/[C@H]1[C@H]2c3cccc(CCCC(=O)O)c3O[C@H]2C[C@H]1O. The molecule has 0 unspecified atom stereocenters. The molecule has 0 amide bonds. The number of aryl methyl sites for hydroxylation is 1. The van der Waals surface area contributed by atoms with Gasteiger partial charge in [-0.15, -0.1) is 11.8 Å². The highest BCUT2D eigenvalue weighted by Gasteiger charge is 2.48. The van der Waals surface area contributed by atoms with Crippen LogP contribution in [0.4, 0.5) is 0 Å². The van der Waals surface area contributed by atoms with E-state index in [0.717, 1.165) is 16.9 Å². The predicted octanol–water partition coefficient (Wildman–Crippen LogP) is 3.29. The van der Waals surface area contributed by atoms with E-state index in [1.807, 2.05) is 31.2 Å². The molecule has 2 aliphatic rings. The molecule has 1 aromatic rings. The number of fused-ring (bicyclic) bond motifs is 3. The summed E-state index contributed by atoms with van der Waals surface area (Å²) >= 11 is 0. The van der Waals surface area contributed by atoms with Crippen LogP contribution in [-0.4, -0.2) is 39.6 Å². The Labute approximate surface area is 172 Å². The van der Waals surface area contributed by atoms with Gasteiger partial charge in [-0.1, -0.05) is 37.3 Å². The van der Waals surface area contributed by atoms with Crippen molar-refractivity contribution in [1.82, 2.24) is 0 Å². The summed E-state index contributed by atoms with van der Waals surface area (Å²) in [5, 5.41) is 29.9. The van der Waals surface area contributed by atoms with Crippen LogP contribution >= 0.6 is 0 Å². The summed E-state index contributed by atoms with van der Waals surface area (Å²) in [7, 11) is 0. The lowest BCUT2D eigenvalue weighted by Gasteiger charge is -2.19. The van der Waals surface area contributed by atoms with E-state index in [1.165, 1.54) is 0 Å². The maximum atomic E-state index is 10.8. The number of aliphatic hydroxyl groups excluding tert-OH is 2. The zero-order valence-electron chi connectivity index (χ0n) is 17.0. The van der Waals surface area contributed by atoms with Crippen LogP contribution in [0.1, 0.15) is 56.6 Å². The molecule has 6 atom stereocenters. The lowest BCUT2D eigenvalue weighted by Crippen LogP contribution is -2.19. The molecular weight excluding hydrogens is 368 g/mol. The van der Waals surface area contributed by atoms with Crippen LogP contribution in [0.25, 0.3) is 0 Å². The van der Waals surface area contributed by atoms with E-state index in [9.17, 15) is 15.0 Å². The summed E-state index contributed by atoms with van der Waals surface area (Å²) in [6.07, 6.45) is 5.07. The van der Waals surface area contributed by atoms with Gasteiger partial charge in [-0.2, -0.15) is 0 Å². The molecule has 0 radical (unpaired) electrons. The van der Waals surface area contributed by atoms with Gasteiger partial charge in [0.1, 0.15) is 11.9 Å². The number of ether oxygens (including phenoxy) is 1. The molecule has 0 bridgehead atoms. The highest BCUT2D eigenvalue weighted by Crippen LogP contribution is 2.52. The normalized spacial score (nSPS) is 26.9. The van der Waals surface area contributed by atoms with Crippen molar-refractivity contribution in [2.75, 3.05) is 0 Å². The number of rotatable bonds is 8. The minimum atomic E-state index is -0.790. The lowest BCUT2D eigenvalue weighted by atomic mass is 9.86. The molecule has 3 N–H and O–H groups in total. The van der Waals surface area contributed by atoms with Crippen molar-refractivity contribution in [3.05, 3.63) is 41.5 Å². The van der Waals surface area contributed by atoms with Crippen LogP contribution in [0.5, 0.6) is 5.75 Å². The Morgan fingerprint density at radius 2 is 2.21 bits per heavy atom. The van der Waals surface area contributed by atoms with E-state index in [2.05, 4.69) is 11.8 Å². The molecule has 0 aromatic heterocycles. The van der Waals surface area contributed by atoms with Gasteiger partial charge < -0.3 is 20.1 Å². The molecular formula is C24H30O5. The number of para-hydroxylation sites is 1. The lowest BCUT2D eigenvalue weighted by molar-refractivity contribution is -0.137. The van der Waals surface area contributed by atoms with Crippen molar-refractivity contribution < 1.29 is 24.9 Å². The van der Waals surface area contributed by atoms with Gasteiger partial charge in [0.05, 0.1) is 12.2 Å². The zero-order chi connectivity index (χ0) is 21.0. The molecule has 1 aromatic carbocycles. The van der Waals surface area contributed by atoms with E-state index in [0.29, 0.717) is 25.7 Å². The third-order valence-corrected chi connectivity index (χ3v) is 6.04. The number of aliphatic carboxylic acids is 1. The fourth-order valence-corrected chi connectivity index (χ4v) is 4.41. The van der Waals surface area contributed by atoms with Crippen LogP contribution < -0.4 is 4.74 Å². The van der Waals surface area contributed by atoms with Crippen molar-refractivity contribution in [2.45, 2.75) is 70.2 Å². The molecule has 1 fully saturated rings. The summed E-state index contributed by atoms with van der Waals surface area (Å²) in [6, 6.07) is 6.01. The number of hydrogen-bond acceptors (Lipinski definition) is 4. The number of aliphatic hydroxyl groups is 2.